The third-order valence-electron chi connectivity index (χ3n) is 3.96. The van der Waals surface area contributed by atoms with Crippen LogP contribution >= 0.6 is 0 Å². The minimum atomic E-state index is -3.48. The van der Waals surface area contributed by atoms with Crippen LogP contribution in [0.25, 0.3) is 0 Å². The highest BCUT2D eigenvalue weighted by molar-refractivity contribution is 7.89. The normalized spacial score (nSPS) is 19.0. The average Bonchev–Trinajstić information content (AvgIpc) is 2.39. The average molecular weight is 313 g/mol. The number of aliphatic hydroxyl groups is 1. The number of hydrogen-bond acceptors (Lipinski definition) is 5. The first-order valence-corrected chi connectivity index (χ1v) is 8.37. The maximum atomic E-state index is 12.2. The van der Waals surface area contributed by atoms with Crippen molar-refractivity contribution in [3.8, 4) is 0 Å². The molecule has 3 N–H and O–H groups in total. The third kappa shape index (κ3) is 3.30. The quantitative estimate of drug-likeness (QED) is 0.809. The predicted molar refractivity (Wildman–Crippen MR) is 83.8 cm³/mol. The van der Waals surface area contributed by atoms with Gasteiger partial charge in [0.05, 0.1) is 21.9 Å². The van der Waals surface area contributed by atoms with Crippen LogP contribution in [0.3, 0.4) is 0 Å². The molecule has 2 rings (SSSR count). The van der Waals surface area contributed by atoms with Gasteiger partial charge < -0.3 is 15.7 Å². The zero-order valence-corrected chi connectivity index (χ0v) is 13.5. The van der Waals surface area contributed by atoms with E-state index in [9.17, 15) is 13.5 Å². The van der Waals surface area contributed by atoms with Crippen molar-refractivity contribution in [3.63, 3.8) is 0 Å². The number of nitrogens with zero attached hydrogens (tertiary/aromatic N) is 2. The van der Waals surface area contributed by atoms with E-state index in [2.05, 4.69) is 0 Å². The Kier molecular flexibility index (Phi) is 4.19. The molecule has 0 spiro atoms. The van der Waals surface area contributed by atoms with E-state index in [0.29, 0.717) is 37.3 Å². The van der Waals surface area contributed by atoms with Crippen LogP contribution < -0.4 is 10.6 Å². The SMILES string of the molecule is CN(C)S(=O)(=O)c1ccc(N)c(N2CCC(C)(O)CC2)c1. The van der Waals surface area contributed by atoms with Gasteiger partial charge in [-0.25, -0.2) is 12.7 Å². The van der Waals surface area contributed by atoms with Gasteiger partial charge in [0.15, 0.2) is 0 Å². The Hall–Kier alpha value is -1.31. The van der Waals surface area contributed by atoms with E-state index in [1.807, 2.05) is 11.8 Å². The molecule has 1 saturated heterocycles. The number of nitrogen functional groups attached to an aromatic ring is 1. The van der Waals surface area contributed by atoms with Gasteiger partial charge in [-0.15, -0.1) is 0 Å². The van der Waals surface area contributed by atoms with Gasteiger partial charge in [-0.1, -0.05) is 0 Å². The summed E-state index contributed by atoms with van der Waals surface area (Å²) in [6.07, 6.45) is 1.27. The molecule has 0 radical (unpaired) electrons. The van der Waals surface area contributed by atoms with Crippen LogP contribution in [-0.4, -0.2) is 50.6 Å². The molecule has 1 aromatic rings. The highest BCUT2D eigenvalue weighted by atomic mass is 32.2. The second-order valence-electron chi connectivity index (χ2n) is 5.99. The van der Waals surface area contributed by atoms with Crippen LogP contribution in [0.4, 0.5) is 11.4 Å². The van der Waals surface area contributed by atoms with Gasteiger partial charge in [-0.2, -0.15) is 0 Å². The second-order valence-corrected chi connectivity index (χ2v) is 8.14. The molecule has 0 atom stereocenters. The standard InChI is InChI=1S/C14H23N3O3S/c1-14(18)6-8-17(9-7-14)13-10-11(4-5-12(13)15)21(19,20)16(2)3/h4-5,10,18H,6-9,15H2,1-3H3. The van der Waals surface area contributed by atoms with Crippen molar-refractivity contribution >= 4 is 21.4 Å². The van der Waals surface area contributed by atoms with Crippen molar-refractivity contribution in [2.24, 2.45) is 0 Å². The lowest BCUT2D eigenvalue weighted by Gasteiger charge is -2.37. The number of rotatable bonds is 3. The first-order valence-electron chi connectivity index (χ1n) is 6.93. The molecular formula is C14H23N3O3S. The topological polar surface area (TPSA) is 86.9 Å². The highest BCUT2D eigenvalue weighted by Crippen LogP contribution is 2.32. The maximum Gasteiger partial charge on any atom is 0.242 e. The molecular weight excluding hydrogens is 290 g/mol. The van der Waals surface area contributed by atoms with Crippen LogP contribution in [0.1, 0.15) is 19.8 Å². The summed E-state index contributed by atoms with van der Waals surface area (Å²) in [5.41, 5.74) is 6.61. The van der Waals surface area contributed by atoms with Gasteiger partial charge in [-0.3, -0.25) is 0 Å². The van der Waals surface area contributed by atoms with Gasteiger partial charge in [0.25, 0.3) is 0 Å². The van der Waals surface area contributed by atoms with Crippen LogP contribution in [0.2, 0.25) is 0 Å². The predicted octanol–water partition coefficient (Wildman–Crippen LogP) is 0.870. The minimum absolute atomic E-state index is 0.231. The summed E-state index contributed by atoms with van der Waals surface area (Å²) >= 11 is 0. The zero-order valence-electron chi connectivity index (χ0n) is 12.7. The summed E-state index contributed by atoms with van der Waals surface area (Å²) in [7, 11) is -0.469. The van der Waals surface area contributed by atoms with Crippen molar-refractivity contribution in [2.45, 2.75) is 30.3 Å². The summed E-state index contributed by atoms with van der Waals surface area (Å²) in [6, 6.07) is 4.76. The first kappa shape index (κ1) is 16.1. The second kappa shape index (κ2) is 5.47. The van der Waals surface area contributed by atoms with Crippen molar-refractivity contribution in [1.82, 2.24) is 4.31 Å². The molecule has 0 saturated carbocycles. The summed E-state index contributed by atoms with van der Waals surface area (Å²) in [6.45, 7) is 3.13. The first-order chi connectivity index (χ1) is 9.63. The highest BCUT2D eigenvalue weighted by Gasteiger charge is 2.29. The minimum Gasteiger partial charge on any atom is -0.397 e. The molecule has 0 aliphatic carbocycles. The molecule has 0 bridgehead atoms. The Morgan fingerprint density at radius 1 is 1.29 bits per heavy atom. The number of anilines is 2. The Morgan fingerprint density at radius 3 is 2.38 bits per heavy atom. The summed E-state index contributed by atoms with van der Waals surface area (Å²) < 4.78 is 25.6. The van der Waals surface area contributed by atoms with Crippen LogP contribution in [0.5, 0.6) is 0 Å². The van der Waals surface area contributed by atoms with Crippen molar-refractivity contribution in [1.29, 1.82) is 0 Å². The Morgan fingerprint density at radius 2 is 1.86 bits per heavy atom. The van der Waals surface area contributed by atoms with E-state index in [4.69, 9.17) is 5.73 Å². The number of piperidine rings is 1. The molecule has 1 aromatic carbocycles. The fourth-order valence-corrected chi connectivity index (χ4v) is 3.32. The molecule has 7 heteroatoms. The fourth-order valence-electron chi connectivity index (χ4n) is 2.40. The molecule has 1 fully saturated rings. The lowest BCUT2D eigenvalue weighted by atomic mass is 9.93. The van der Waals surface area contributed by atoms with E-state index >= 15 is 0 Å². The smallest absolute Gasteiger partial charge is 0.242 e. The Balaban J connectivity index is 2.33. The monoisotopic (exact) mass is 313 g/mol. The van der Waals surface area contributed by atoms with E-state index in [-0.39, 0.29) is 4.90 Å². The molecule has 0 aromatic heterocycles. The molecule has 1 aliphatic heterocycles. The lowest BCUT2D eigenvalue weighted by molar-refractivity contribution is 0.0351. The van der Waals surface area contributed by atoms with Crippen molar-refractivity contribution < 1.29 is 13.5 Å². The Labute approximate surface area is 126 Å². The van der Waals surface area contributed by atoms with Crippen LogP contribution in [0, 0.1) is 0 Å². The van der Waals surface area contributed by atoms with Gasteiger partial charge in [0.2, 0.25) is 10.0 Å². The van der Waals surface area contributed by atoms with Gasteiger partial charge in [0.1, 0.15) is 0 Å². The van der Waals surface area contributed by atoms with E-state index in [1.54, 1.807) is 12.1 Å². The lowest BCUT2D eigenvalue weighted by Crippen LogP contribution is -2.42. The third-order valence-corrected chi connectivity index (χ3v) is 5.77. The summed E-state index contributed by atoms with van der Waals surface area (Å²) in [5.74, 6) is 0. The molecule has 6 nitrogen and oxygen atoms in total. The van der Waals surface area contributed by atoms with E-state index < -0.39 is 15.6 Å². The van der Waals surface area contributed by atoms with Gasteiger partial charge in [0, 0.05) is 27.2 Å². The van der Waals surface area contributed by atoms with E-state index in [1.165, 1.54) is 24.5 Å². The number of nitrogens with two attached hydrogens (primary N) is 1. The maximum absolute atomic E-state index is 12.2. The summed E-state index contributed by atoms with van der Waals surface area (Å²) in [5, 5.41) is 10.0. The number of hydrogen-bond donors (Lipinski definition) is 2. The molecule has 1 aliphatic rings. The summed E-state index contributed by atoms with van der Waals surface area (Å²) in [4.78, 5) is 2.26. The molecule has 0 amide bonds. The van der Waals surface area contributed by atoms with Crippen LogP contribution in [-0.2, 0) is 10.0 Å². The largest absolute Gasteiger partial charge is 0.397 e. The van der Waals surface area contributed by atoms with Crippen LogP contribution in [0.15, 0.2) is 23.1 Å². The zero-order chi connectivity index (χ0) is 15.8. The molecule has 0 unspecified atom stereocenters. The molecule has 21 heavy (non-hydrogen) atoms. The number of sulfonamides is 1. The van der Waals surface area contributed by atoms with Gasteiger partial charge >= 0.3 is 0 Å². The molecule has 1 heterocycles. The van der Waals surface area contributed by atoms with Gasteiger partial charge in [-0.05, 0) is 38.0 Å². The fraction of sp³-hybridized carbons (Fsp3) is 0.571. The Bertz CT molecular complexity index is 616. The molecule has 118 valence electrons. The van der Waals surface area contributed by atoms with Crippen molar-refractivity contribution in [3.05, 3.63) is 18.2 Å². The van der Waals surface area contributed by atoms with E-state index in [0.717, 1.165) is 0 Å². The number of benzene rings is 1. The van der Waals surface area contributed by atoms with Crippen molar-refractivity contribution in [2.75, 3.05) is 37.8 Å².